The maximum absolute atomic E-state index is 11.8. The zero-order valence-corrected chi connectivity index (χ0v) is 10.8. The molecule has 0 unspecified atom stereocenters. The van der Waals surface area contributed by atoms with Gasteiger partial charge in [0, 0.05) is 25.3 Å². The van der Waals surface area contributed by atoms with Gasteiger partial charge in [-0.05, 0) is 18.6 Å². The summed E-state index contributed by atoms with van der Waals surface area (Å²) < 4.78 is 4.96. The Morgan fingerprint density at radius 3 is 3.05 bits per heavy atom. The van der Waals surface area contributed by atoms with Gasteiger partial charge in [-0.25, -0.2) is 14.8 Å². The Kier molecular flexibility index (Phi) is 3.49. The largest absolute Gasteiger partial charge is 0.432 e. The van der Waals surface area contributed by atoms with E-state index in [1.807, 2.05) is 18.2 Å². The molecule has 0 aliphatic carbocycles. The van der Waals surface area contributed by atoms with Crippen LogP contribution < -0.4 is 15.5 Å². The van der Waals surface area contributed by atoms with E-state index < -0.39 is 0 Å². The first-order valence-corrected chi connectivity index (χ1v) is 6.44. The molecule has 0 radical (unpaired) electrons. The summed E-state index contributed by atoms with van der Waals surface area (Å²) in [4.78, 5) is 22.0. The van der Waals surface area contributed by atoms with Gasteiger partial charge in [0.25, 0.3) is 0 Å². The SMILES string of the molecule is O=C(Nc1ncco1)N[C@@H]1CCN(c2ccccn2)C1. The first-order chi connectivity index (χ1) is 9.81. The second-order valence-corrected chi connectivity index (χ2v) is 4.56. The average molecular weight is 273 g/mol. The molecule has 2 aromatic heterocycles. The van der Waals surface area contributed by atoms with Crippen molar-refractivity contribution < 1.29 is 9.21 Å². The van der Waals surface area contributed by atoms with E-state index in [9.17, 15) is 4.79 Å². The van der Waals surface area contributed by atoms with Crippen LogP contribution in [0.5, 0.6) is 0 Å². The lowest BCUT2D eigenvalue weighted by Crippen LogP contribution is -2.39. The molecule has 0 spiro atoms. The van der Waals surface area contributed by atoms with E-state index in [1.165, 1.54) is 12.5 Å². The fourth-order valence-corrected chi connectivity index (χ4v) is 2.23. The quantitative estimate of drug-likeness (QED) is 0.884. The van der Waals surface area contributed by atoms with Crippen LogP contribution in [0.2, 0.25) is 0 Å². The molecule has 2 N–H and O–H groups in total. The van der Waals surface area contributed by atoms with Gasteiger partial charge >= 0.3 is 12.0 Å². The van der Waals surface area contributed by atoms with Crippen molar-refractivity contribution in [1.82, 2.24) is 15.3 Å². The number of hydrogen-bond donors (Lipinski definition) is 2. The summed E-state index contributed by atoms with van der Waals surface area (Å²) in [7, 11) is 0. The fraction of sp³-hybridized carbons (Fsp3) is 0.308. The number of carbonyl (C=O) groups excluding carboxylic acids is 1. The minimum Gasteiger partial charge on any atom is -0.432 e. The van der Waals surface area contributed by atoms with Crippen LogP contribution in [0.25, 0.3) is 0 Å². The lowest BCUT2D eigenvalue weighted by atomic mass is 10.3. The standard InChI is InChI=1S/C13H15N5O2/c19-12(17-13-15-6-8-20-13)16-10-4-7-18(9-10)11-3-1-2-5-14-11/h1-3,5-6,8,10H,4,7,9H2,(H2,15,16,17,19)/t10-/m1/s1. The maximum atomic E-state index is 11.8. The molecule has 2 amide bonds. The average Bonchev–Trinajstić information content (AvgIpc) is 3.11. The zero-order chi connectivity index (χ0) is 13.8. The molecule has 3 rings (SSSR count). The first-order valence-electron chi connectivity index (χ1n) is 6.44. The Balaban J connectivity index is 1.52. The highest BCUT2D eigenvalue weighted by Crippen LogP contribution is 2.17. The van der Waals surface area contributed by atoms with Gasteiger partial charge < -0.3 is 14.6 Å². The van der Waals surface area contributed by atoms with Gasteiger partial charge in [0.05, 0.1) is 6.20 Å². The molecule has 0 aromatic carbocycles. The van der Waals surface area contributed by atoms with Gasteiger partial charge in [0.2, 0.25) is 0 Å². The molecule has 1 aliphatic rings. The Morgan fingerprint density at radius 2 is 2.30 bits per heavy atom. The topological polar surface area (TPSA) is 83.3 Å². The van der Waals surface area contributed by atoms with Crippen LogP contribution in [0.4, 0.5) is 16.6 Å². The van der Waals surface area contributed by atoms with E-state index in [2.05, 4.69) is 25.5 Å². The molecule has 1 fully saturated rings. The summed E-state index contributed by atoms with van der Waals surface area (Å²) >= 11 is 0. The van der Waals surface area contributed by atoms with Crippen LogP contribution in [0.3, 0.4) is 0 Å². The Labute approximate surface area is 116 Å². The third-order valence-corrected chi connectivity index (χ3v) is 3.15. The lowest BCUT2D eigenvalue weighted by molar-refractivity contribution is 0.248. The van der Waals surface area contributed by atoms with Crippen molar-refractivity contribution in [3.63, 3.8) is 0 Å². The van der Waals surface area contributed by atoms with E-state index in [0.29, 0.717) is 0 Å². The summed E-state index contributed by atoms with van der Waals surface area (Å²) in [5, 5.41) is 5.44. The normalized spacial score (nSPS) is 18.0. The second-order valence-electron chi connectivity index (χ2n) is 4.56. The fourth-order valence-electron chi connectivity index (χ4n) is 2.23. The molecule has 7 nitrogen and oxygen atoms in total. The van der Waals surface area contributed by atoms with Crippen LogP contribution in [0.1, 0.15) is 6.42 Å². The molecule has 3 heterocycles. The Bertz CT molecular complexity index is 557. The molecule has 20 heavy (non-hydrogen) atoms. The number of nitrogens with one attached hydrogen (secondary N) is 2. The van der Waals surface area contributed by atoms with Crippen LogP contribution >= 0.6 is 0 Å². The second kappa shape index (κ2) is 5.60. The Hall–Kier alpha value is -2.57. The molecule has 0 saturated carbocycles. The maximum Gasteiger partial charge on any atom is 0.323 e. The number of amides is 2. The molecule has 1 saturated heterocycles. The number of nitrogens with zero attached hydrogens (tertiary/aromatic N) is 3. The van der Waals surface area contributed by atoms with Gasteiger partial charge in [-0.1, -0.05) is 6.07 Å². The number of pyridine rings is 1. The monoisotopic (exact) mass is 273 g/mol. The molecular formula is C13H15N5O2. The van der Waals surface area contributed by atoms with Crippen LogP contribution in [0.15, 0.2) is 41.3 Å². The summed E-state index contributed by atoms with van der Waals surface area (Å²) in [6.45, 7) is 1.62. The van der Waals surface area contributed by atoms with Gasteiger partial charge in [-0.15, -0.1) is 0 Å². The lowest BCUT2D eigenvalue weighted by Gasteiger charge is -2.17. The van der Waals surface area contributed by atoms with Crippen molar-refractivity contribution in [3.05, 3.63) is 36.9 Å². The minimum absolute atomic E-state index is 0.0898. The summed E-state index contributed by atoms with van der Waals surface area (Å²) in [5.41, 5.74) is 0. The first kappa shape index (κ1) is 12.5. The predicted octanol–water partition coefficient (Wildman–Crippen LogP) is 1.47. The molecule has 7 heteroatoms. The number of oxazole rings is 1. The molecule has 0 bridgehead atoms. The highest BCUT2D eigenvalue weighted by Gasteiger charge is 2.24. The number of rotatable bonds is 3. The van der Waals surface area contributed by atoms with Gasteiger partial charge in [0.15, 0.2) is 0 Å². The molecular weight excluding hydrogens is 258 g/mol. The third kappa shape index (κ3) is 2.87. The van der Waals surface area contributed by atoms with Crippen molar-refractivity contribution in [2.24, 2.45) is 0 Å². The van der Waals surface area contributed by atoms with Crippen molar-refractivity contribution in [1.29, 1.82) is 0 Å². The van der Waals surface area contributed by atoms with Crippen molar-refractivity contribution in [2.45, 2.75) is 12.5 Å². The van der Waals surface area contributed by atoms with E-state index in [1.54, 1.807) is 6.20 Å². The van der Waals surface area contributed by atoms with E-state index >= 15 is 0 Å². The van der Waals surface area contributed by atoms with Gasteiger partial charge in [-0.3, -0.25) is 5.32 Å². The molecule has 2 aromatic rings. The van der Waals surface area contributed by atoms with Gasteiger partial charge in [-0.2, -0.15) is 0 Å². The highest BCUT2D eigenvalue weighted by molar-refractivity contribution is 5.87. The number of carbonyl (C=O) groups is 1. The summed E-state index contributed by atoms with van der Waals surface area (Å²) in [6.07, 6.45) is 5.54. The van der Waals surface area contributed by atoms with Gasteiger partial charge in [0.1, 0.15) is 12.1 Å². The minimum atomic E-state index is -0.305. The van der Waals surface area contributed by atoms with Crippen LogP contribution in [-0.4, -0.2) is 35.1 Å². The zero-order valence-electron chi connectivity index (χ0n) is 10.8. The molecule has 104 valence electrons. The van der Waals surface area contributed by atoms with E-state index in [-0.39, 0.29) is 18.1 Å². The smallest absolute Gasteiger partial charge is 0.323 e. The highest BCUT2D eigenvalue weighted by atomic mass is 16.4. The number of urea groups is 1. The third-order valence-electron chi connectivity index (χ3n) is 3.15. The number of aromatic nitrogens is 2. The molecule has 1 atom stereocenters. The predicted molar refractivity (Wildman–Crippen MR) is 73.5 cm³/mol. The van der Waals surface area contributed by atoms with Crippen molar-refractivity contribution in [2.75, 3.05) is 23.3 Å². The van der Waals surface area contributed by atoms with Crippen LogP contribution in [-0.2, 0) is 0 Å². The van der Waals surface area contributed by atoms with E-state index in [0.717, 1.165) is 25.3 Å². The van der Waals surface area contributed by atoms with Crippen molar-refractivity contribution >= 4 is 17.9 Å². The number of hydrogen-bond acceptors (Lipinski definition) is 5. The summed E-state index contributed by atoms with van der Waals surface area (Å²) in [5.74, 6) is 0.935. The Morgan fingerprint density at radius 1 is 1.35 bits per heavy atom. The van der Waals surface area contributed by atoms with Crippen LogP contribution in [0, 0.1) is 0 Å². The summed E-state index contributed by atoms with van der Waals surface area (Å²) in [6, 6.07) is 5.79. The number of anilines is 2. The molecule has 1 aliphatic heterocycles. The van der Waals surface area contributed by atoms with Crippen molar-refractivity contribution in [3.8, 4) is 0 Å². The van der Waals surface area contributed by atoms with E-state index in [4.69, 9.17) is 4.42 Å².